The van der Waals surface area contributed by atoms with Gasteiger partial charge < -0.3 is 4.74 Å². The molecule has 0 N–H and O–H groups in total. The Morgan fingerprint density at radius 3 is 2.26 bits per heavy atom. The van der Waals surface area contributed by atoms with Crippen molar-refractivity contribution in [3.63, 3.8) is 0 Å². The van der Waals surface area contributed by atoms with Crippen molar-refractivity contribution in [1.29, 1.82) is 0 Å². The molecule has 0 radical (unpaired) electrons. The van der Waals surface area contributed by atoms with E-state index in [2.05, 4.69) is 6.92 Å². The van der Waals surface area contributed by atoms with Crippen molar-refractivity contribution in [3.05, 3.63) is 0 Å². The molecule has 1 atom stereocenters. The minimum atomic E-state index is -0.0980. The minimum absolute atomic E-state index is 0.0509. The van der Waals surface area contributed by atoms with E-state index in [1.165, 1.54) is 51.4 Å². The van der Waals surface area contributed by atoms with Crippen LogP contribution in [0, 0.1) is 11.8 Å². The lowest BCUT2D eigenvalue weighted by Crippen LogP contribution is -2.46. The Labute approximate surface area is 118 Å². The van der Waals surface area contributed by atoms with Crippen LogP contribution < -0.4 is 0 Å². The molecule has 0 saturated heterocycles. The number of carbonyl (C=O) groups is 1. The first-order valence-electron chi connectivity index (χ1n) is 8.41. The summed E-state index contributed by atoms with van der Waals surface area (Å²) in [5.74, 6) is 0.743. The average Bonchev–Trinajstić information content (AvgIpc) is 2.48. The van der Waals surface area contributed by atoms with Crippen LogP contribution in [0.15, 0.2) is 0 Å². The van der Waals surface area contributed by atoms with Crippen LogP contribution in [0.1, 0.15) is 84.5 Å². The third kappa shape index (κ3) is 3.52. The molecule has 0 heterocycles. The largest absolute Gasteiger partial charge is 0.459 e. The summed E-state index contributed by atoms with van der Waals surface area (Å²) < 4.78 is 6.13. The lowest BCUT2D eigenvalue weighted by Gasteiger charge is -2.45. The highest BCUT2D eigenvalue weighted by Crippen LogP contribution is 2.44. The number of hydrogen-bond acceptors (Lipinski definition) is 2. The highest BCUT2D eigenvalue weighted by molar-refractivity contribution is 5.72. The number of ether oxygens (including phenoxy) is 1. The summed E-state index contributed by atoms with van der Waals surface area (Å²) in [5, 5.41) is 0. The van der Waals surface area contributed by atoms with E-state index < -0.39 is 0 Å². The van der Waals surface area contributed by atoms with Gasteiger partial charge in [-0.25, -0.2) is 0 Å². The Hall–Kier alpha value is -0.530. The van der Waals surface area contributed by atoms with Gasteiger partial charge in [-0.3, -0.25) is 4.79 Å². The second-order valence-corrected chi connectivity index (χ2v) is 6.69. The number of hydrogen-bond donors (Lipinski definition) is 0. The SMILES string of the molecule is CCC(C)C(=O)OC1(C2CCCCC2)CCCCC1. The molecule has 110 valence electrons. The Kier molecular flexibility index (Phi) is 5.29. The maximum atomic E-state index is 12.3. The van der Waals surface area contributed by atoms with Crippen molar-refractivity contribution >= 4 is 5.97 Å². The van der Waals surface area contributed by atoms with Gasteiger partial charge in [-0.05, 0) is 50.9 Å². The molecule has 2 rings (SSSR count). The zero-order chi connectivity index (χ0) is 13.7. The molecule has 2 aliphatic carbocycles. The van der Waals surface area contributed by atoms with Gasteiger partial charge in [-0.2, -0.15) is 0 Å². The molecule has 2 aliphatic rings. The molecular formula is C17H30O2. The summed E-state index contributed by atoms with van der Waals surface area (Å²) in [7, 11) is 0. The highest BCUT2D eigenvalue weighted by atomic mass is 16.6. The van der Waals surface area contributed by atoms with Crippen LogP contribution in [0.25, 0.3) is 0 Å². The van der Waals surface area contributed by atoms with Crippen LogP contribution in [-0.4, -0.2) is 11.6 Å². The van der Waals surface area contributed by atoms with Gasteiger partial charge in [0.2, 0.25) is 0 Å². The van der Waals surface area contributed by atoms with Gasteiger partial charge in [-0.15, -0.1) is 0 Å². The Bertz CT molecular complexity index is 286. The number of esters is 1. The maximum Gasteiger partial charge on any atom is 0.309 e. The Morgan fingerprint density at radius 2 is 1.68 bits per heavy atom. The lowest BCUT2D eigenvalue weighted by molar-refractivity contribution is -0.178. The fraction of sp³-hybridized carbons (Fsp3) is 0.941. The normalized spacial score (nSPS) is 25.8. The molecule has 0 spiro atoms. The molecular weight excluding hydrogens is 236 g/mol. The predicted molar refractivity (Wildman–Crippen MR) is 77.9 cm³/mol. The Morgan fingerprint density at radius 1 is 1.11 bits per heavy atom. The molecule has 1 unspecified atom stereocenters. The molecule has 0 aromatic carbocycles. The molecule has 2 heteroatoms. The number of rotatable bonds is 4. The Balaban J connectivity index is 2.07. The average molecular weight is 266 g/mol. The van der Waals surface area contributed by atoms with Gasteiger partial charge in [0.25, 0.3) is 0 Å². The van der Waals surface area contributed by atoms with Gasteiger partial charge in [0.05, 0.1) is 5.92 Å². The standard InChI is InChI=1S/C17H30O2/c1-3-14(2)16(18)19-17(12-8-5-9-13-17)15-10-6-4-7-11-15/h14-15H,3-13H2,1-2H3. The molecule has 0 aromatic heterocycles. The summed E-state index contributed by atoms with van der Waals surface area (Å²) in [6, 6.07) is 0. The van der Waals surface area contributed by atoms with E-state index in [-0.39, 0.29) is 17.5 Å². The van der Waals surface area contributed by atoms with Crippen LogP contribution in [0.3, 0.4) is 0 Å². The van der Waals surface area contributed by atoms with Crippen molar-refractivity contribution in [2.75, 3.05) is 0 Å². The summed E-state index contributed by atoms with van der Waals surface area (Å²) in [6.45, 7) is 4.07. The molecule has 0 bridgehead atoms. The molecule has 0 aromatic rings. The van der Waals surface area contributed by atoms with Gasteiger partial charge in [-0.1, -0.05) is 39.5 Å². The zero-order valence-electron chi connectivity index (χ0n) is 12.7. The maximum absolute atomic E-state index is 12.3. The van der Waals surface area contributed by atoms with Gasteiger partial charge in [0.1, 0.15) is 5.60 Å². The van der Waals surface area contributed by atoms with E-state index in [0.717, 1.165) is 19.3 Å². The lowest BCUT2D eigenvalue weighted by atomic mass is 9.69. The third-order valence-electron chi connectivity index (χ3n) is 5.37. The van der Waals surface area contributed by atoms with Crippen molar-refractivity contribution in [2.24, 2.45) is 11.8 Å². The van der Waals surface area contributed by atoms with Gasteiger partial charge in [0, 0.05) is 0 Å². The molecule has 2 nitrogen and oxygen atoms in total. The molecule has 0 amide bonds. The van der Waals surface area contributed by atoms with Gasteiger partial charge >= 0.3 is 5.97 Å². The summed E-state index contributed by atoms with van der Waals surface area (Å²) in [6.07, 6.45) is 13.5. The summed E-state index contributed by atoms with van der Waals surface area (Å²) in [4.78, 5) is 12.3. The monoisotopic (exact) mass is 266 g/mol. The van der Waals surface area contributed by atoms with Crippen molar-refractivity contribution in [1.82, 2.24) is 0 Å². The van der Waals surface area contributed by atoms with Crippen molar-refractivity contribution < 1.29 is 9.53 Å². The van der Waals surface area contributed by atoms with E-state index in [1.54, 1.807) is 0 Å². The fourth-order valence-electron chi connectivity index (χ4n) is 3.84. The van der Waals surface area contributed by atoms with Crippen LogP contribution in [0.4, 0.5) is 0 Å². The van der Waals surface area contributed by atoms with Crippen LogP contribution in [-0.2, 0) is 9.53 Å². The van der Waals surface area contributed by atoms with E-state index in [0.29, 0.717) is 5.92 Å². The fourth-order valence-corrected chi connectivity index (χ4v) is 3.84. The van der Waals surface area contributed by atoms with Crippen LogP contribution in [0.5, 0.6) is 0 Å². The molecule has 2 saturated carbocycles. The van der Waals surface area contributed by atoms with Crippen LogP contribution >= 0.6 is 0 Å². The highest BCUT2D eigenvalue weighted by Gasteiger charge is 2.43. The van der Waals surface area contributed by atoms with E-state index in [1.807, 2.05) is 6.92 Å². The predicted octanol–water partition coefficient (Wildman–Crippen LogP) is 4.86. The van der Waals surface area contributed by atoms with Gasteiger partial charge in [0.15, 0.2) is 0 Å². The first-order chi connectivity index (χ1) is 9.18. The van der Waals surface area contributed by atoms with Crippen molar-refractivity contribution in [3.8, 4) is 0 Å². The minimum Gasteiger partial charge on any atom is -0.459 e. The molecule has 0 aliphatic heterocycles. The van der Waals surface area contributed by atoms with Crippen molar-refractivity contribution in [2.45, 2.75) is 90.1 Å². The van der Waals surface area contributed by atoms with E-state index in [9.17, 15) is 4.79 Å². The summed E-state index contributed by atoms with van der Waals surface area (Å²) >= 11 is 0. The van der Waals surface area contributed by atoms with E-state index in [4.69, 9.17) is 4.74 Å². The smallest absolute Gasteiger partial charge is 0.309 e. The third-order valence-corrected chi connectivity index (χ3v) is 5.37. The zero-order valence-corrected chi connectivity index (χ0v) is 12.7. The quantitative estimate of drug-likeness (QED) is 0.679. The van der Waals surface area contributed by atoms with Crippen LogP contribution in [0.2, 0.25) is 0 Å². The summed E-state index contributed by atoms with van der Waals surface area (Å²) in [5.41, 5.74) is -0.0980. The second kappa shape index (κ2) is 6.76. The van der Waals surface area contributed by atoms with E-state index >= 15 is 0 Å². The first-order valence-corrected chi connectivity index (χ1v) is 8.41. The first kappa shape index (κ1) is 14.9. The number of carbonyl (C=O) groups excluding carboxylic acids is 1. The second-order valence-electron chi connectivity index (χ2n) is 6.69. The topological polar surface area (TPSA) is 26.3 Å². The molecule has 19 heavy (non-hydrogen) atoms. The molecule has 2 fully saturated rings.